The molecule has 0 aliphatic heterocycles. The summed E-state index contributed by atoms with van der Waals surface area (Å²) in [5.41, 5.74) is 10.8. The van der Waals surface area contributed by atoms with Gasteiger partial charge in [0, 0.05) is 18.3 Å². The van der Waals surface area contributed by atoms with Gasteiger partial charge in [0.1, 0.15) is 10.7 Å². The molecule has 0 atom stereocenters. The van der Waals surface area contributed by atoms with E-state index in [1.54, 1.807) is 0 Å². The average Bonchev–Trinajstić information content (AvgIpc) is 2.80. The highest BCUT2D eigenvalue weighted by atomic mass is 35.5. The lowest BCUT2D eigenvalue weighted by molar-refractivity contribution is 0.399. The van der Waals surface area contributed by atoms with Crippen molar-refractivity contribution in [2.75, 3.05) is 12.3 Å². The van der Waals surface area contributed by atoms with Crippen LogP contribution in [0.4, 0.5) is 5.82 Å². The molecule has 1 aliphatic carbocycles. The summed E-state index contributed by atoms with van der Waals surface area (Å²) in [6.07, 6.45) is 4.70. The second-order valence-electron chi connectivity index (χ2n) is 4.83. The molecule has 2 rings (SSSR count). The number of sulfonamides is 1. The second-order valence-corrected chi connectivity index (χ2v) is 6.92. The first kappa shape index (κ1) is 14.5. The molecule has 1 aromatic rings. The van der Waals surface area contributed by atoms with Gasteiger partial charge in [-0.3, -0.25) is 0 Å². The molecule has 0 amide bonds. The molecular formula is C11H17ClN4O2S. The molecule has 1 saturated carbocycles. The van der Waals surface area contributed by atoms with E-state index < -0.39 is 15.6 Å². The number of rotatable bonds is 4. The van der Waals surface area contributed by atoms with Crippen LogP contribution in [0, 0.1) is 0 Å². The predicted octanol–water partition coefficient (Wildman–Crippen LogP) is 0.867. The number of halogens is 1. The SMILES string of the molecule is NCC1(NS(=O)(=O)c2cc(Cl)cnc2N)CCCC1. The van der Waals surface area contributed by atoms with Crippen molar-refractivity contribution in [1.82, 2.24) is 9.71 Å². The monoisotopic (exact) mass is 304 g/mol. The molecule has 1 fully saturated rings. The van der Waals surface area contributed by atoms with Crippen molar-refractivity contribution in [1.29, 1.82) is 0 Å². The van der Waals surface area contributed by atoms with Gasteiger partial charge in [-0.25, -0.2) is 18.1 Å². The van der Waals surface area contributed by atoms with Crippen molar-refractivity contribution in [3.05, 3.63) is 17.3 Å². The Morgan fingerprint density at radius 2 is 2.05 bits per heavy atom. The smallest absolute Gasteiger partial charge is 0.244 e. The fourth-order valence-corrected chi connectivity index (χ4v) is 4.19. The molecule has 5 N–H and O–H groups in total. The highest BCUT2D eigenvalue weighted by Crippen LogP contribution is 2.31. The summed E-state index contributed by atoms with van der Waals surface area (Å²) in [5.74, 6) is -0.0675. The molecule has 0 spiro atoms. The van der Waals surface area contributed by atoms with Crippen molar-refractivity contribution in [2.24, 2.45) is 5.73 Å². The van der Waals surface area contributed by atoms with E-state index in [0.717, 1.165) is 25.7 Å². The van der Waals surface area contributed by atoms with E-state index in [1.807, 2.05) is 0 Å². The minimum Gasteiger partial charge on any atom is -0.383 e. The standard InChI is InChI=1S/C11H17ClN4O2S/c12-8-5-9(10(14)15-6-8)19(17,18)16-11(7-13)3-1-2-4-11/h5-6,16H,1-4,7,13H2,(H2,14,15). The molecule has 0 radical (unpaired) electrons. The number of hydrogen-bond donors (Lipinski definition) is 3. The van der Waals surface area contributed by atoms with E-state index in [0.29, 0.717) is 0 Å². The quantitative estimate of drug-likeness (QED) is 0.764. The molecule has 0 bridgehead atoms. The number of aromatic nitrogens is 1. The largest absolute Gasteiger partial charge is 0.383 e. The molecule has 1 heterocycles. The zero-order valence-electron chi connectivity index (χ0n) is 10.4. The third-order valence-corrected chi connectivity index (χ3v) is 5.25. The van der Waals surface area contributed by atoms with E-state index in [2.05, 4.69) is 9.71 Å². The third-order valence-electron chi connectivity index (χ3n) is 3.44. The minimum absolute atomic E-state index is 0.0675. The number of anilines is 1. The lowest BCUT2D eigenvalue weighted by Gasteiger charge is -2.28. The molecule has 6 nitrogen and oxygen atoms in total. The van der Waals surface area contributed by atoms with Crippen LogP contribution in [0.5, 0.6) is 0 Å². The number of nitrogen functional groups attached to an aromatic ring is 1. The molecule has 0 aromatic carbocycles. The van der Waals surface area contributed by atoms with Crippen LogP contribution in [0.2, 0.25) is 5.02 Å². The maximum Gasteiger partial charge on any atom is 0.244 e. The third kappa shape index (κ3) is 3.00. The Bertz CT molecular complexity index is 570. The molecular weight excluding hydrogens is 288 g/mol. The van der Waals surface area contributed by atoms with Crippen LogP contribution in [-0.4, -0.2) is 25.5 Å². The molecule has 19 heavy (non-hydrogen) atoms. The van der Waals surface area contributed by atoms with Gasteiger partial charge in [0.15, 0.2) is 0 Å². The van der Waals surface area contributed by atoms with Crippen LogP contribution < -0.4 is 16.2 Å². The van der Waals surface area contributed by atoms with Crippen molar-refractivity contribution >= 4 is 27.4 Å². The van der Waals surface area contributed by atoms with E-state index in [1.165, 1.54) is 12.3 Å². The fraction of sp³-hybridized carbons (Fsp3) is 0.545. The number of nitrogens with zero attached hydrogens (tertiary/aromatic N) is 1. The van der Waals surface area contributed by atoms with Crippen LogP contribution in [0.15, 0.2) is 17.2 Å². The number of hydrogen-bond acceptors (Lipinski definition) is 5. The molecule has 1 aromatic heterocycles. The second kappa shape index (κ2) is 5.24. The summed E-state index contributed by atoms with van der Waals surface area (Å²) in [5, 5.41) is 0.225. The van der Waals surface area contributed by atoms with Crippen molar-refractivity contribution in [2.45, 2.75) is 36.1 Å². The van der Waals surface area contributed by atoms with Gasteiger partial charge in [0.2, 0.25) is 10.0 Å². The topological polar surface area (TPSA) is 111 Å². The van der Waals surface area contributed by atoms with E-state index in [-0.39, 0.29) is 22.3 Å². The van der Waals surface area contributed by atoms with Crippen molar-refractivity contribution in [3.8, 4) is 0 Å². The highest BCUT2D eigenvalue weighted by molar-refractivity contribution is 7.89. The maximum absolute atomic E-state index is 12.4. The predicted molar refractivity (Wildman–Crippen MR) is 74.2 cm³/mol. The average molecular weight is 305 g/mol. The first-order valence-corrected chi connectivity index (χ1v) is 7.90. The van der Waals surface area contributed by atoms with Gasteiger partial charge >= 0.3 is 0 Å². The van der Waals surface area contributed by atoms with Crippen LogP contribution >= 0.6 is 11.6 Å². The molecule has 0 saturated heterocycles. The Morgan fingerprint density at radius 1 is 1.42 bits per heavy atom. The van der Waals surface area contributed by atoms with E-state index >= 15 is 0 Å². The van der Waals surface area contributed by atoms with Gasteiger partial charge in [0.25, 0.3) is 0 Å². The van der Waals surface area contributed by atoms with Gasteiger partial charge in [-0.05, 0) is 18.9 Å². The number of pyridine rings is 1. The summed E-state index contributed by atoms with van der Waals surface area (Å²) < 4.78 is 27.4. The maximum atomic E-state index is 12.4. The Hall–Kier alpha value is -0.890. The van der Waals surface area contributed by atoms with E-state index in [4.69, 9.17) is 23.1 Å². The van der Waals surface area contributed by atoms with Gasteiger partial charge in [-0.1, -0.05) is 24.4 Å². The number of nitrogens with one attached hydrogen (secondary N) is 1. The van der Waals surface area contributed by atoms with Crippen LogP contribution in [0.1, 0.15) is 25.7 Å². The van der Waals surface area contributed by atoms with Crippen LogP contribution in [-0.2, 0) is 10.0 Å². The lowest BCUT2D eigenvalue weighted by atomic mass is 10.0. The van der Waals surface area contributed by atoms with Crippen LogP contribution in [0.3, 0.4) is 0 Å². The fourth-order valence-electron chi connectivity index (χ4n) is 2.39. The number of nitrogens with two attached hydrogens (primary N) is 2. The summed E-state index contributed by atoms with van der Waals surface area (Å²) in [6, 6.07) is 1.30. The first-order valence-electron chi connectivity index (χ1n) is 6.04. The summed E-state index contributed by atoms with van der Waals surface area (Å²) in [7, 11) is -3.77. The highest BCUT2D eigenvalue weighted by Gasteiger charge is 2.37. The Kier molecular flexibility index (Phi) is 4.00. The Labute approximate surface area is 117 Å². The van der Waals surface area contributed by atoms with Crippen molar-refractivity contribution in [3.63, 3.8) is 0 Å². The zero-order valence-corrected chi connectivity index (χ0v) is 12.0. The van der Waals surface area contributed by atoms with Gasteiger partial charge in [-0.15, -0.1) is 0 Å². The molecule has 0 unspecified atom stereocenters. The normalized spacial score (nSPS) is 18.6. The zero-order chi connectivity index (χ0) is 14.1. The summed E-state index contributed by atoms with van der Waals surface area (Å²) >= 11 is 5.77. The lowest BCUT2D eigenvalue weighted by Crippen LogP contribution is -2.51. The van der Waals surface area contributed by atoms with E-state index in [9.17, 15) is 8.42 Å². The molecule has 8 heteroatoms. The van der Waals surface area contributed by atoms with Crippen molar-refractivity contribution < 1.29 is 8.42 Å². The first-order chi connectivity index (χ1) is 8.88. The Morgan fingerprint density at radius 3 is 2.63 bits per heavy atom. The summed E-state index contributed by atoms with van der Waals surface area (Å²) in [6.45, 7) is 0.264. The molecule has 1 aliphatic rings. The minimum atomic E-state index is -3.77. The molecule has 106 valence electrons. The van der Waals surface area contributed by atoms with Gasteiger partial charge in [0.05, 0.1) is 5.02 Å². The summed E-state index contributed by atoms with van der Waals surface area (Å²) in [4.78, 5) is 3.67. The van der Waals surface area contributed by atoms with Gasteiger partial charge in [-0.2, -0.15) is 0 Å². The Balaban J connectivity index is 2.34. The van der Waals surface area contributed by atoms with Gasteiger partial charge < -0.3 is 11.5 Å². The van der Waals surface area contributed by atoms with Crippen LogP contribution in [0.25, 0.3) is 0 Å².